The third-order valence-corrected chi connectivity index (χ3v) is 7.91. The van der Waals surface area contributed by atoms with Crippen LogP contribution in [-0.2, 0) is 11.8 Å². The van der Waals surface area contributed by atoms with Gasteiger partial charge in [0.05, 0.1) is 28.3 Å². The van der Waals surface area contributed by atoms with Gasteiger partial charge in [0.2, 0.25) is 5.91 Å². The van der Waals surface area contributed by atoms with Gasteiger partial charge in [-0.2, -0.15) is 10.2 Å². The predicted molar refractivity (Wildman–Crippen MR) is 140 cm³/mol. The summed E-state index contributed by atoms with van der Waals surface area (Å²) in [5.41, 5.74) is 6.00. The van der Waals surface area contributed by atoms with Gasteiger partial charge in [-0.15, -0.1) is 0 Å². The van der Waals surface area contributed by atoms with E-state index in [1.165, 1.54) is 0 Å². The molecule has 1 N–H and O–H groups in total. The second kappa shape index (κ2) is 7.65. The lowest BCUT2D eigenvalue weighted by Gasteiger charge is -2.46. The summed E-state index contributed by atoms with van der Waals surface area (Å²) in [6, 6.07) is 16.7. The minimum absolute atomic E-state index is 0.143. The van der Waals surface area contributed by atoms with Crippen molar-refractivity contribution in [1.29, 1.82) is 0 Å². The molecule has 8 heteroatoms. The van der Waals surface area contributed by atoms with E-state index in [0.717, 1.165) is 82.6 Å². The van der Waals surface area contributed by atoms with Crippen LogP contribution >= 0.6 is 0 Å². The summed E-state index contributed by atoms with van der Waals surface area (Å²) in [4.78, 5) is 19.1. The number of aryl methyl sites for hydroxylation is 2. The Bertz CT molecular complexity index is 1640. The van der Waals surface area contributed by atoms with Crippen LogP contribution in [0.5, 0.6) is 0 Å². The molecule has 0 radical (unpaired) electrons. The molecule has 36 heavy (non-hydrogen) atoms. The molecule has 2 aromatic carbocycles. The van der Waals surface area contributed by atoms with Gasteiger partial charge >= 0.3 is 0 Å². The van der Waals surface area contributed by atoms with Crippen molar-refractivity contribution in [3.05, 3.63) is 66.5 Å². The molecule has 8 nitrogen and oxygen atoms in total. The fourth-order valence-electron chi connectivity index (χ4n) is 5.76. The number of nitrogens with one attached hydrogen (secondary N) is 1. The number of hydrogen-bond donors (Lipinski definition) is 1. The lowest BCUT2D eigenvalue weighted by atomic mass is 9.72. The van der Waals surface area contributed by atoms with Crippen LogP contribution in [-0.4, -0.2) is 50.1 Å². The van der Waals surface area contributed by atoms with Gasteiger partial charge in [-0.1, -0.05) is 30.3 Å². The van der Waals surface area contributed by atoms with E-state index in [1.807, 2.05) is 34.7 Å². The van der Waals surface area contributed by atoms with E-state index in [-0.39, 0.29) is 11.3 Å². The first-order chi connectivity index (χ1) is 17.5. The van der Waals surface area contributed by atoms with Gasteiger partial charge in [-0.25, -0.2) is 9.67 Å². The summed E-state index contributed by atoms with van der Waals surface area (Å²) in [5, 5.41) is 14.8. The number of nitrogens with zero attached hydrogens (tertiary/aromatic N) is 6. The molecule has 2 aliphatic heterocycles. The molecule has 0 aliphatic carbocycles. The Morgan fingerprint density at radius 3 is 2.53 bits per heavy atom. The summed E-state index contributed by atoms with van der Waals surface area (Å²) >= 11 is 0. The Balaban J connectivity index is 1.27. The molecule has 180 valence electrons. The van der Waals surface area contributed by atoms with Crippen LogP contribution < -0.4 is 10.2 Å². The van der Waals surface area contributed by atoms with Gasteiger partial charge < -0.3 is 10.2 Å². The normalized spacial score (nSPS) is 17.1. The molecular weight excluding hydrogens is 450 g/mol. The third kappa shape index (κ3) is 3.07. The molecule has 2 aliphatic rings. The molecule has 5 heterocycles. The molecule has 7 rings (SSSR count). The number of benzene rings is 2. The number of hydrogen-bond acceptors (Lipinski definition) is 5. The lowest BCUT2D eigenvalue weighted by molar-refractivity contribution is -0.141. The van der Waals surface area contributed by atoms with Crippen LogP contribution in [0.25, 0.3) is 38.8 Å². The topological polar surface area (TPSA) is 80.9 Å². The SMILES string of the molecule is Cc1cccc2c(-c3cccc4nn(C)cc34)nn(-c3ccc(N4CCC5(CC4)CNC5=O)nc3)c12. The quantitative estimate of drug-likeness (QED) is 0.397. The summed E-state index contributed by atoms with van der Waals surface area (Å²) in [6.07, 6.45) is 5.73. The Labute approximate surface area is 208 Å². The number of pyridine rings is 1. The molecular formula is C28H27N7O. The number of aromatic nitrogens is 5. The standard InChI is InChI=1S/C28H27N7O/c1-18-5-3-7-21-25(20-6-4-8-23-22(20)16-33(2)31-23)32-35(26(18)21)19-9-10-24(29-15-19)34-13-11-28(12-14-34)17-30-27(28)36/h3-10,15-16H,11-14,17H2,1-2H3,(H,30,36). The molecule has 0 bridgehead atoms. The first-order valence-corrected chi connectivity index (χ1v) is 12.4. The van der Waals surface area contributed by atoms with Crippen molar-refractivity contribution in [2.45, 2.75) is 19.8 Å². The Morgan fingerprint density at radius 1 is 0.972 bits per heavy atom. The number of anilines is 1. The van der Waals surface area contributed by atoms with Crippen molar-refractivity contribution >= 4 is 33.5 Å². The van der Waals surface area contributed by atoms with E-state index in [9.17, 15) is 4.79 Å². The molecule has 2 fully saturated rings. The highest BCUT2D eigenvalue weighted by Crippen LogP contribution is 2.38. The van der Waals surface area contributed by atoms with E-state index in [2.05, 4.69) is 64.8 Å². The first kappa shape index (κ1) is 21.1. The Hall–Kier alpha value is -4.20. The molecule has 0 atom stereocenters. The number of carbonyl (C=O) groups excluding carboxylic acids is 1. The number of carbonyl (C=O) groups is 1. The van der Waals surface area contributed by atoms with Crippen LogP contribution in [0, 0.1) is 12.3 Å². The van der Waals surface area contributed by atoms with E-state index >= 15 is 0 Å². The van der Waals surface area contributed by atoms with Crippen molar-refractivity contribution < 1.29 is 4.79 Å². The molecule has 1 spiro atoms. The second-order valence-electron chi connectivity index (χ2n) is 10.1. The molecule has 0 saturated carbocycles. The summed E-state index contributed by atoms with van der Waals surface area (Å²) in [7, 11) is 1.95. The fourth-order valence-corrected chi connectivity index (χ4v) is 5.76. The second-order valence-corrected chi connectivity index (χ2v) is 10.1. The highest BCUT2D eigenvalue weighted by atomic mass is 16.2. The van der Waals surface area contributed by atoms with E-state index in [0.29, 0.717) is 0 Å². The van der Waals surface area contributed by atoms with Crippen LogP contribution in [0.2, 0.25) is 0 Å². The minimum Gasteiger partial charge on any atom is -0.357 e. The molecule has 2 saturated heterocycles. The maximum absolute atomic E-state index is 12.0. The van der Waals surface area contributed by atoms with Crippen LogP contribution in [0.15, 0.2) is 60.9 Å². The number of rotatable bonds is 3. The van der Waals surface area contributed by atoms with Crippen molar-refractivity contribution in [1.82, 2.24) is 29.9 Å². The number of piperidine rings is 1. The zero-order valence-electron chi connectivity index (χ0n) is 20.4. The largest absolute Gasteiger partial charge is 0.357 e. The van der Waals surface area contributed by atoms with Crippen molar-refractivity contribution in [3.8, 4) is 16.9 Å². The highest BCUT2D eigenvalue weighted by molar-refractivity contribution is 6.03. The zero-order chi connectivity index (χ0) is 24.4. The van der Waals surface area contributed by atoms with Crippen molar-refractivity contribution in [3.63, 3.8) is 0 Å². The monoisotopic (exact) mass is 477 g/mol. The van der Waals surface area contributed by atoms with Gasteiger partial charge in [0.15, 0.2) is 0 Å². The third-order valence-electron chi connectivity index (χ3n) is 7.91. The number of para-hydroxylation sites is 1. The summed E-state index contributed by atoms with van der Waals surface area (Å²) in [6.45, 7) is 4.63. The van der Waals surface area contributed by atoms with Crippen molar-refractivity contribution in [2.75, 3.05) is 24.5 Å². The number of amides is 1. The van der Waals surface area contributed by atoms with Gasteiger partial charge in [0.25, 0.3) is 0 Å². The maximum atomic E-state index is 12.0. The van der Waals surface area contributed by atoms with Gasteiger partial charge in [-0.3, -0.25) is 9.48 Å². The van der Waals surface area contributed by atoms with E-state index in [1.54, 1.807) is 0 Å². The number of β-lactam (4-membered cyclic amide) rings is 1. The van der Waals surface area contributed by atoms with E-state index < -0.39 is 0 Å². The lowest BCUT2D eigenvalue weighted by Crippen LogP contribution is -2.62. The molecule has 0 unspecified atom stereocenters. The van der Waals surface area contributed by atoms with Gasteiger partial charge in [0, 0.05) is 49.2 Å². The average Bonchev–Trinajstić information content (AvgIpc) is 3.49. The van der Waals surface area contributed by atoms with Crippen LogP contribution in [0.1, 0.15) is 18.4 Å². The minimum atomic E-state index is -0.143. The van der Waals surface area contributed by atoms with Gasteiger partial charge in [-0.05, 0) is 43.5 Å². The highest BCUT2D eigenvalue weighted by Gasteiger charge is 2.47. The van der Waals surface area contributed by atoms with Gasteiger partial charge in [0.1, 0.15) is 11.5 Å². The predicted octanol–water partition coefficient (Wildman–Crippen LogP) is 4.00. The summed E-state index contributed by atoms with van der Waals surface area (Å²) < 4.78 is 3.86. The molecule has 3 aromatic heterocycles. The van der Waals surface area contributed by atoms with E-state index in [4.69, 9.17) is 10.1 Å². The molecule has 5 aromatic rings. The zero-order valence-corrected chi connectivity index (χ0v) is 20.4. The Kier molecular flexibility index (Phi) is 4.49. The smallest absolute Gasteiger partial charge is 0.228 e. The first-order valence-electron chi connectivity index (χ1n) is 12.4. The molecule has 1 amide bonds. The summed E-state index contributed by atoms with van der Waals surface area (Å²) in [5.74, 6) is 1.16. The Morgan fingerprint density at radius 2 is 1.81 bits per heavy atom. The number of fused-ring (bicyclic) bond motifs is 2. The maximum Gasteiger partial charge on any atom is 0.228 e. The van der Waals surface area contributed by atoms with Crippen molar-refractivity contribution in [2.24, 2.45) is 12.5 Å². The van der Waals surface area contributed by atoms with Crippen LogP contribution in [0.4, 0.5) is 5.82 Å². The fraction of sp³-hybridized carbons (Fsp3) is 0.286. The average molecular weight is 478 g/mol. The van der Waals surface area contributed by atoms with Crippen LogP contribution in [0.3, 0.4) is 0 Å².